The van der Waals surface area contributed by atoms with E-state index in [0.717, 1.165) is 11.1 Å². The second-order valence-electron chi connectivity index (χ2n) is 4.12. The monoisotopic (exact) mass is 250 g/mol. The number of pyridine rings is 2. The van der Waals surface area contributed by atoms with E-state index in [1.165, 1.54) is 0 Å². The summed E-state index contributed by atoms with van der Waals surface area (Å²) in [6, 6.07) is 14.6. The van der Waals surface area contributed by atoms with Crippen LogP contribution in [0.15, 0.2) is 67.1 Å². The molecule has 0 saturated carbocycles. The van der Waals surface area contributed by atoms with Gasteiger partial charge in [0.1, 0.15) is 5.69 Å². The summed E-state index contributed by atoms with van der Waals surface area (Å²) in [5.74, 6) is -0.306. The van der Waals surface area contributed by atoms with Crippen molar-refractivity contribution < 1.29 is 4.39 Å². The van der Waals surface area contributed by atoms with E-state index in [9.17, 15) is 4.39 Å². The van der Waals surface area contributed by atoms with Crippen molar-refractivity contribution in [3.05, 3.63) is 72.9 Å². The summed E-state index contributed by atoms with van der Waals surface area (Å²) >= 11 is 0. The topological polar surface area (TPSA) is 25.8 Å². The van der Waals surface area contributed by atoms with E-state index < -0.39 is 0 Å². The molecule has 0 bridgehead atoms. The highest BCUT2D eigenvalue weighted by atomic mass is 19.1. The molecule has 0 radical (unpaired) electrons. The maximum absolute atomic E-state index is 14.6. The fourth-order valence-corrected chi connectivity index (χ4v) is 2.00. The first-order valence-corrected chi connectivity index (χ1v) is 5.96. The first-order valence-electron chi connectivity index (χ1n) is 5.96. The van der Waals surface area contributed by atoms with Crippen LogP contribution < -0.4 is 0 Å². The molecule has 0 aliphatic rings. The molecule has 1 aromatic carbocycles. The molecule has 19 heavy (non-hydrogen) atoms. The Bertz CT molecular complexity index is 624. The third-order valence-electron chi connectivity index (χ3n) is 2.93. The van der Waals surface area contributed by atoms with Crippen LogP contribution in [0.1, 0.15) is 0 Å². The normalized spacial score (nSPS) is 10.4. The molecule has 0 unspecified atom stereocenters. The van der Waals surface area contributed by atoms with E-state index in [2.05, 4.69) is 9.97 Å². The summed E-state index contributed by atoms with van der Waals surface area (Å²) in [7, 11) is 0. The van der Waals surface area contributed by atoms with Crippen molar-refractivity contribution in [3.63, 3.8) is 0 Å². The van der Waals surface area contributed by atoms with Crippen LogP contribution in [0.2, 0.25) is 0 Å². The van der Waals surface area contributed by atoms with Crippen LogP contribution in [0.25, 0.3) is 22.4 Å². The van der Waals surface area contributed by atoms with Gasteiger partial charge in [-0.1, -0.05) is 30.3 Å². The van der Waals surface area contributed by atoms with E-state index in [4.69, 9.17) is 0 Å². The van der Waals surface area contributed by atoms with Crippen LogP contribution in [0.4, 0.5) is 4.39 Å². The number of nitrogens with zero attached hydrogens (tertiary/aromatic N) is 2. The minimum absolute atomic E-state index is 0.306. The summed E-state index contributed by atoms with van der Waals surface area (Å²) in [6.45, 7) is 0. The van der Waals surface area contributed by atoms with Crippen molar-refractivity contribution >= 4 is 0 Å². The number of rotatable bonds is 2. The minimum atomic E-state index is -0.306. The van der Waals surface area contributed by atoms with Gasteiger partial charge >= 0.3 is 0 Å². The zero-order valence-electron chi connectivity index (χ0n) is 10.1. The van der Waals surface area contributed by atoms with Crippen molar-refractivity contribution in [3.8, 4) is 22.4 Å². The standard InChI is InChI=1S/C16H11FN2/c17-15-14(12-6-9-18-10-7-12)8-11-19-16(15)13-4-2-1-3-5-13/h1-11H. The first kappa shape index (κ1) is 11.5. The quantitative estimate of drug-likeness (QED) is 0.688. The highest BCUT2D eigenvalue weighted by Gasteiger charge is 2.12. The Morgan fingerprint density at radius 2 is 1.47 bits per heavy atom. The van der Waals surface area contributed by atoms with Crippen LogP contribution in [0.5, 0.6) is 0 Å². The number of halogens is 1. The second-order valence-corrected chi connectivity index (χ2v) is 4.12. The van der Waals surface area contributed by atoms with Gasteiger partial charge in [-0.3, -0.25) is 9.97 Å². The Labute approximate surface area is 110 Å². The Morgan fingerprint density at radius 3 is 2.21 bits per heavy atom. The molecule has 3 heteroatoms. The summed E-state index contributed by atoms with van der Waals surface area (Å²) in [5, 5.41) is 0. The van der Waals surface area contributed by atoms with Crippen molar-refractivity contribution in [2.75, 3.05) is 0 Å². The lowest BCUT2D eigenvalue weighted by Gasteiger charge is -2.07. The molecule has 0 spiro atoms. The summed E-state index contributed by atoms with van der Waals surface area (Å²) in [4.78, 5) is 8.09. The van der Waals surface area contributed by atoms with Crippen molar-refractivity contribution in [2.24, 2.45) is 0 Å². The molecular weight excluding hydrogens is 239 g/mol. The van der Waals surface area contributed by atoms with Gasteiger partial charge in [0, 0.05) is 29.7 Å². The van der Waals surface area contributed by atoms with Crippen LogP contribution in [0.3, 0.4) is 0 Å². The average Bonchev–Trinajstić information content (AvgIpc) is 2.49. The predicted octanol–water partition coefficient (Wildman–Crippen LogP) is 3.95. The Morgan fingerprint density at radius 1 is 0.737 bits per heavy atom. The molecule has 92 valence electrons. The summed E-state index contributed by atoms with van der Waals surface area (Å²) in [5.41, 5.74) is 2.48. The zero-order chi connectivity index (χ0) is 13.1. The molecule has 0 fully saturated rings. The molecule has 0 atom stereocenters. The molecule has 0 aliphatic carbocycles. The molecule has 0 N–H and O–H groups in total. The predicted molar refractivity (Wildman–Crippen MR) is 72.9 cm³/mol. The van der Waals surface area contributed by atoms with Gasteiger partial charge in [0.05, 0.1) is 0 Å². The third kappa shape index (κ3) is 2.22. The van der Waals surface area contributed by atoms with Crippen molar-refractivity contribution in [2.45, 2.75) is 0 Å². The van der Waals surface area contributed by atoms with Gasteiger partial charge in [0.2, 0.25) is 0 Å². The molecule has 0 saturated heterocycles. The number of hydrogen-bond donors (Lipinski definition) is 0. The number of benzene rings is 1. The summed E-state index contributed by atoms with van der Waals surface area (Å²) in [6.07, 6.45) is 4.93. The Balaban J connectivity index is 2.15. The molecule has 2 nitrogen and oxygen atoms in total. The van der Waals surface area contributed by atoms with Crippen LogP contribution in [0, 0.1) is 5.82 Å². The molecule has 0 amide bonds. The van der Waals surface area contributed by atoms with Gasteiger partial charge in [0.15, 0.2) is 5.82 Å². The van der Waals surface area contributed by atoms with Gasteiger partial charge < -0.3 is 0 Å². The second kappa shape index (κ2) is 4.98. The average molecular weight is 250 g/mol. The smallest absolute Gasteiger partial charge is 0.157 e. The van der Waals surface area contributed by atoms with Crippen LogP contribution >= 0.6 is 0 Å². The lowest BCUT2D eigenvalue weighted by molar-refractivity contribution is 0.629. The maximum Gasteiger partial charge on any atom is 0.157 e. The maximum atomic E-state index is 14.6. The minimum Gasteiger partial charge on any atom is -0.265 e. The van der Waals surface area contributed by atoms with Gasteiger partial charge in [-0.25, -0.2) is 4.39 Å². The first-order chi connectivity index (χ1) is 9.36. The highest BCUT2D eigenvalue weighted by molar-refractivity contribution is 5.71. The summed E-state index contributed by atoms with van der Waals surface area (Å²) < 4.78 is 14.6. The lowest BCUT2D eigenvalue weighted by Crippen LogP contribution is -1.93. The van der Waals surface area contributed by atoms with E-state index in [-0.39, 0.29) is 5.82 Å². The fourth-order valence-electron chi connectivity index (χ4n) is 2.00. The molecule has 3 aromatic rings. The van der Waals surface area contributed by atoms with Gasteiger partial charge in [-0.15, -0.1) is 0 Å². The van der Waals surface area contributed by atoms with Gasteiger partial charge in [0.25, 0.3) is 0 Å². The van der Waals surface area contributed by atoms with Crippen molar-refractivity contribution in [1.29, 1.82) is 0 Å². The van der Waals surface area contributed by atoms with Gasteiger partial charge in [-0.2, -0.15) is 0 Å². The number of hydrogen-bond acceptors (Lipinski definition) is 2. The lowest BCUT2D eigenvalue weighted by atomic mass is 10.0. The highest BCUT2D eigenvalue weighted by Crippen LogP contribution is 2.28. The molecule has 2 heterocycles. The zero-order valence-corrected chi connectivity index (χ0v) is 10.1. The van der Waals surface area contributed by atoms with Crippen LogP contribution in [-0.4, -0.2) is 9.97 Å². The fraction of sp³-hybridized carbons (Fsp3) is 0. The third-order valence-corrected chi connectivity index (χ3v) is 2.93. The molecule has 2 aromatic heterocycles. The van der Waals surface area contributed by atoms with Crippen LogP contribution in [-0.2, 0) is 0 Å². The molecule has 0 aliphatic heterocycles. The largest absolute Gasteiger partial charge is 0.265 e. The van der Waals surface area contributed by atoms with Gasteiger partial charge in [-0.05, 0) is 23.8 Å². The number of aromatic nitrogens is 2. The van der Waals surface area contributed by atoms with E-state index in [1.807, 2.05) is 30.3 Å². The Hall–Kier alpha value is -2.55. The SMILES string of the molecule is Fc1c(-c2ccncc2)ccnc1-c1ccccc1. The molecule has 3 rings (SSSR count). The van der Waals surface area contributed by atoms with E-state index in [1.54, 1.807) is 36.8 Å². The Kier molecular flexibility index (Phi) is 3.02. The van der Waals surface area contributed by atoms with E-state index >= 15 is 0 Å². The van der Waals surface area contributed by atoms with E-state index in [0.29, 0.717) is 11.3 Å². The molecular formula is C16H11FN2. The van der Waals surface area contributed by atoms with Crippen molar-refractivity contribution in [1.82, 2.24) is 9.97 Å².